The zero-order chi connectivity index (χ0) is 15.6. The van der Waals surface area contributed by atoms with E-state index in [4.69, 9.17) is 16.7 Å². The van der Waals surface area contributed by atoms with Crippen molar-refractivity contribution in [2.75, 3.05) is 5.32 Å². The van der Waals surface area contributed by atoms with Crippen LogP contribution in [-0.4, -0.2) is 17.0 Å². The van der Waals surface area contributed by atoms with E-state index in [2.05, 4.69) is 5.32 Å². The Bertz CT molecular complexity index is 725. The first-order chi connectivity index (χ1) is 9.88. The summed E-state index contributed by atoms with van der Waals surface area (Å²) >= 11 is 5.86. The number of carbonyl (C=O) groups is 2. The van der Waals surface area contributed by atoms with Crippen LogP contribution in [0.25, 0.3) is 0 Å². The Morgan fingerprint density at radius 3 is 2.43 bits per heavy atom. The summed E-state index contributed by atoms with van der Waals surface area (Å²) in [5.41, 5.74) is 2.46. The van der Waals surface area contributed by atoms with Crippen molar-refractivity contribution in [2.45, 2.75) is 13.8 Å². The van der Waals surface area contributed by atoms with Crippen molar-refractivity contribution in [1.82, 2.24) is 0 Å². The number of rotatable bonds is 3. The highest BCUT2D eigenvalue weighted by Gasteiger charge is 2.15. The molecule has 0 saturated carbocycles. The molecule has 2 aromatic rings. The smallest absolute Gasteiger partial charge is 0.337 e. The largest absolute Gasteiger partial charge is 0.478 e. The first kappa shape index (κ1) is 15.1. The maximum atomic E-state index is 12.3. The molecule has 1 amide bonds. The van der Waals surface area contributed by atoms with Gasteiger partial charge in [0, 0.05) is 10.6 Å². The van der Waals surface area contributed by atoms with E-state index < -0.39 is 5.97 Å². The lowest BCUT2D eigenvalue weighted by Crippen LogP contribution is -2.16. The van der Waals surface area contributed by atoms with Gasteiger partial charge in [-0.3, -0.25) is 4.79 Å². The number of aromatic carboxylic acids is 1. The van der Waals surface area contributed by atoms with Gasteiger partial charge in [0.15, 0.2) is 0 Å². The van der Waals surface area contributed by atoms with Crippen molar-refractivity contribution in [1.29, 1.82) is 0 Å². The molecule has 2 N–H and O–H groups in total. The number of carboxylic acids is 1. The lowest BCUT2D eigenvalue weighted by molar-refractivity contribution is 0.0698. The maximum absolute atomic E-state index is 12.3. The van der Waals surface area contributed by atoms with Gasteiger partial charge in [0.2, 0.25) is 0 Å². The van der Waals surface area contributed by atoms with E-state index in [1.165, 1.54) is 18.2 Å². The number of carboxylic acid groups (broad SMARTS) is 1. The molecule has 0 radical (unpaired) electrons. The number of halogens is 1. The molecule has 0 bridgehead atoms. The zero-order valence-electron chi connectivity index (χ0n) is 11.6. The second kappa shape index (κ2) is 5.97. The van der Waals surface area contributed by atoms with E-state index in [1.807, 2.05) is 26.0 Å². The molecule has 5 heteroatoms. The summed E-state index contributed by atoms with van der Waals surface area (Å²) in [4.78, 5) is 23.5. The van der Waals surface area contributed by atoms with Crippen LogP contribution in [0.3, 0.4) is 0 Å². The summed E-state index contributed by atoms with van der Waals surface area (Å²) in [5.74, 6) is -1.48. The lowest BCUT2D eigenvalue weighted by atomic mass is 10.0. The molecular weight excluding hydrogens is 290 g/mol. The van der Waals surface area contributed by atoms with E-state index in [0.29, 0.717) is 10.6 Å². The Kier molecular flexibility index (Phi) is 4.29. The number of benzene rings is 2. The van der Waals surface area contributed by atoms with Crippen LogP contribution < -0.4 is 5.32 Å². The third-order valence-electron chi connectivity index (χ3n) is 3.10. The summed E-state index contributed by atoms with van der Waals surface area (Å²) in [7, 11) is 0. The van der Waals surface area contributed by atoms with Gasteiger partial charge in [-0.25, -0.2) is 4.79 Å². The van der Waals surface area contributed by atoms with Crippen LogP contribution in [0.4, 0.5) is 5.69 Å². The Morgan fingerprint density at radius 2 is 1.76 bits per heavy atom. The topological polar surface area (TPSA) is 66.4 Å². The highest BCUT2D eigenvalue weighted by molar-refractivity contribution is 6.31. The van der Waals surface area contributed by atoms with Crippen LogP contribution in [0, 0.1) is 13.8 Å². The summed E-state index contributed by atoms with van der Waals surface area (Å²) in [6.45, 7) is 3.71. The van der Waals surface area contributed by atoms with E-state index in [9.17, 15) is 9.59 Å². The molecule has 0 saturated heterocycles. The molecule has 2 rings (SSSR count). The molecular formula is C16H14ClNO3. The van der Waals surface area contributed by atoms with E-state index >= 15 is 0 Å². The number of carbonyl (C=O) groups excluding carboxylic acids is 1. The van der Waals surface area contributed by atoms with Crippen LogP contribution in [-0.2, 0) is 0 Å². The van der Waals surface area contributed by atoms with Crippen molar-refractivity contribution in [2.24, 2.45) is 0 Å². The molecule has 21 heavy (non-hydrogen) atoms. The van der Waals surface area contributed by atoms with Crippen molar-refractivity contribution in [3.05, 3.63) is 63.7 Å². The number of aryl methyl sites for hydroxylation is 2. The Morgan fingerprint density at radius 1 is 1.05 bits per heavy atom. The Labute approximate surface area is 127 Å². The molecule has 0 aliphatic carbocycles. The average Bonchev–Trinajstić information content (AvgIpc) is 2.41. The molecule has 0 atom stereocenters. The average molecular weight is 304 g/mol. The van der Waals surface area contributed by atoms with Crippen molar-refractivity contribution in [3.63, 3.8) is 0 Å². The van der Waals surface area contributed by atoms with Crippen molar-refractivity contribution >= 4 is 29.2 Å². The van der Waals surface area contributed by atoms with Gasteiger partial charge in [-0.1, -0.05) is 29.3 Å². The fourth-order valence-electron chi connectivity index (χ4n) is 1.98. The summed E-state index contributed by atoms with van der Waals surface area (Å²) < 4.78 is 0. The van der Waals surface area contributed by atoms with Gasteiger partial charge in [0.25, 0.3) is 5.91 Å². The number of nitrogens with one attached hydrogen (secondary N) is 1. The summed E-state index contributed by atoms with van der Waals surface area (Å²) in [6.07, 6.45) is 0. The number of amides is 1. The first-order valence-electron chi connectivity index (χ1n) is 6.30. The van der Waals surface area contributed by atoms with Crippen molar-refractivity contribution < 1.29 is 14.7 Å². The maximum Gasteiger partial charge on any atom is 0.337 e. The minimum atomic E-state index is -1.12. The van der Waals surface area contributed by atoms with Crippen LogP contribution in [0.2, 0.25) is 5.02 Å². The predicted molar refractivity (Wildman–Crippen MR) is 82.3 cm³/mol. The minimum Gasteiger partial charge on any atom is -0.478 e. The molecule has 2 aromatic carbocycles. The lowest BCUT2D eigenvalue weighted by Gasteiger charge is -2.11. The van der Waals surface area contributed by atoms with Gasteiger partial charge in [-0.15, -0.1) is 0 Å². The first-order valence-corrected chi connectivity index (χ1v) is 6.67. The second-order valence-corrected chi connectivity index (χ2v) is 5.20. The molecule has 108 valence electrons. The molecule has 0 aliphatic heterocycles. The standard InChI is InChI=1S/C16H14ClNO3/c1-9-3-4-10(2)13(7-9)15(19)18-14-8-11(17)5-6-12(14)16(20)21/h3-8H,1-2H3,(H,18,19)(H,20,21). The molecule has 0 unspecified atom stereocenters. The predicted octanol–water partition coefficient (Wildman–Crippen LogP) is 3.91. The summed E-state index contributed by atoms with van der Waals surface area (Å²) in [6, 6.07) is 9.78. The number of anilines is 1. The van der Waals surface area contributed by atoms with E-state index in [0.717, 1.165) is 11.1 Å². The van der Waals surface area contributed by atoms with E-state index in [-0.39, 0.29) is 17.2 Å². The fourth-order valence-corrected chi connectivity index (χ4v) is 2.15. The van der Waals surface area contributed by atoms with Gasteiger partial charge in [0.1, 0.15) is 0 Å². The van der Waals surface area contributed by atoms with Gasteiger partial charge >= 0.3 is 5.97 Å². The third-order valence-corrected chi connectivity index (χ3v) is 3.33. The van der Waals surface area contributed by atoms with Crippen LogP contribution >= 0.6 is 11.6 Å². The normalized spacial score (nSPS) is 10.2. The van der Waals surface area contributed by atoms with Crippen LogP contribution in [0.15, 0.2) is 36.4 Å². The number of hydrogen-bond donors (Lipinski definition) is 2. The van der Waals surface area contributed by atoms with Crippen LogP contribution in [0.5, 0.6) is 0 Å². The Hall–Kier alpha value is -2.33. The highest BCUT2D eigenvalue weighted by atomic mass is 35.5. The minimum absolute atomic E-state index is 0.00180. The molecule has 0 spiro atoms. The third kappa shape index (κ3) is 3.41. The SMILES string of the molecule is Cc1ccc(C)c(C(=O)Nc2cc(Cl)ccc2C(=O)O)c1. The van der Waals surface area contributed by atoms with Gasteiger partial charge < -0.3 is 10.4 Å². The fraction of sp³-hybridized carbons (Fsp3) is 0.125. The number of hydrogen-bond acceptors (Lipinski definition) is 2. The molecule has 0 aromatic heterocycles. The zero-order valence-corrected chi connectivity index (χ0v) is 12.4. The second-order valence-electron chi connectivity index (χ2n) is 4.77. The molecule has 0 heterocycles. The van der Waals surface area contributed by atoms with Gasteiger partial charge in [0.05, 0.1) is 11.3 Å². The summed E-state index contributed by atoms with van der Waals surface area (Å²) in [5, 5.41) is 12.1. The molecule has 4 nitrogen and oxygen atoms in total. The molecule has 0 fully saturated rings. The molecule has 0 aliphatic rings. The van der Waals surface area contributed by atoms with Crippen molar-refractivity contribution in [3.8, 4) is 0 Å². The van der Waals surface area contributed by atoms with Gasteiger partial charge in [-0.05, 0) is 43.7 Å². The highest BCUT2D eigenvalue weighted by Crippen LogP contribution is 2.22. The van der Waals surface area contributed by atoms with Crippen LogP contribution in [0.1, 0.15) is 31.8 Å². The Balaban J connectivity index is 2.38. The monoisotopic (exact) mass is 303 g/mol. The van der Waals surface area contributed by atoms with Gasteiger partial charge in [-0.2, -0.15) is 0 Å². The van der Waals surface area contributed by atoms with E-state index in [1.54, 1.807) is 6.07 Å². The quantitative estimate of drug-likeness (QED) is 0.903.